The van der Waals surface area contributed by atoms with E-state index in [1.54, 1.807) is 11.3 Å². The van der Waals surface area contributed by atoms with E-state index in [0.29, 0.717) is 17.8 Å². The number of nitrogens with one attached hydrogen (secondary N) is 1. The van der Waals surface area contributed by atoms with Crippen molar-refractivity contribution in [1.29, 1.82) is 0 Å². The van der Waals surface area contributed by atoms with Gasteiger partial charge >= 0.3 is 0 Å². The molecule has 1 unspecified atom stereocenters. The minimum atomic E-state index is 0.337. The molecule has 18 heavy (non-hydrogen) atoms. The molecule has 0 spiro atoms. The van der Waals surface area contributed by atoms with E-state index in [9.17, 15) is 0 Å². The molecule has 0 aliphatic heterocycles. The summed E-state index contributed by atoms with van der Waals surface area (Å²) in [5.74, 6) is 2.44. The maximum Gasteiger partial charge on any atom is 0.223 e. The number of fused-ring (bicyclic) bond motifs is 1. The van der Waals surface area contributed by atoms with Crippen molar-refractivity contribution in [3.8, 4) is 0 Å². The summed E-state index contributed by atoms with van der Waals surface area (Å²) < 4.78 is 0. The topological polar surface area (TPSA) is 63.8 Å². The van der Waals surface area contributed by atoms with Crippen LogP contribution in [-0.2, 0) is 0 Å². The van der Waals surface area contributed by atoms with Crippen LogP contribution in [0.5, 0.6) is 0 Å². The summed E-state index contributed by atoms with van der Waals surface area (Å²) in [6, 6.07) is 2.11. The Kier molecular flexibility index (Phi) is 3.71. The first-order valence-corrected chi connectivity index (χ1v) is 7.06. The van der Waals surface area contributed by atoms with Gasteiger partial charge in [0, 0.05) is 11.4 Å². The molecular formula is C13H20N4S. The Labute approximate surface area is 112 Å². The molecular weight excluding hydrogens is 244 g/mol. The molecule has 5 heteroatoms. The zero-order valence-corrected chi connectivity index (χ0v) is 12.1. The van der Waals surface area contributed by atoms with Crippen molar-refractivity contribution < 1.29 is 0 Å². The van der Waals surface area contributed by atoms with Gasteiger partial charge in [0.2, 0.25) is 5.95 Å². The van der Waals surface area contributed by atoms with Crippen molar-refractivity contribution in [1.82, 2.24) is 9.97 Å². The molecule has 4 nitrogen and oxygen atoms in total. The van der Waals surface area contributed by atoms with Crippen molar-refractivity contribution in [2.75, 3.05) is 17.6 Å². The fourth-order valence-electron chi connectivity index (χ4n) is 1.69. The van der Waals surface area contributed by atoms with Crippen LogP contribution < -0.4 is 11.1 Å². The zero-order valence-electron chi connectivity index (χ0n) is 11.3. The zero-order chi connectivity index (χ0) is 13.3. The van der Waals surface area contributed by atoms with Crippen LogP contribution >= 0.6 is 11.3 Å². The molecule has 0 saturated heterocycles. The Morgan fingerprint density at radius 3 is 2.72 bits per heavy atom. The Morgan fingerprint density at radius 1 is 1.33 bits per heavy atom. The van der Waals surface area contributed by atoms with E-state index in [-0.39, 0.29) is 0 Å². The summed E-state index contributed by atoms with van der Waals surface area (Å²) in [4.78, 5) is 10.8. The predicted octanol–water partition coefficient (Wildman–Crippen LogP) is 3.29. The molecule has 0 radical (unpaired) electrons. The van der Waals surface area contributed by atoms with Gasteiger partial charge in [0.15, 0.2) is 0 Å². The number of aryl methyl sites for hydroxylation is 1. The normalized spacial score (nSPS) is 13.2. The Morgan fingerprint density at radius 2 is 2.06 bits per heavy atom. The van der Waals surface area contributed by atoms with Gasteiger partial charge < -0.3 is 11.1 Å². The van der Waals surface area contributed by atoms with Gasteiger partial charge in [0.1, 0.15) is 10.6 Å². The summed E-state index contributed by atoms with van der Waals surface area (Å²) in [5.41, 5.74) is 5.74. The first-order chi connectivity index (χ1) is 8.47. The lowest BCUT2D eigenvalue weighted by atomic mass is 9.98. The molecule has 98 valence electrons. The van der Waals surface area contributed by atoms with Crippen molar-refractivity contribution in [3.05, 3.63) is 10.9 Å². The summed E-state index contributed by atoms with van der Waals surface area (Å²) in [6.45, 7) is 9.66. The average molecular weight is 264 g/mol. The van der Waals surface area contributed by atoms with Crippen LogP contribution in [-0.4, -0.2) is 16.5 Å². The molecule has 0 aliphatic rings. The van der Waals surface area contributed by atoms with Crippen LogP contribution in [0.3, 0.4) is 0 Å². The Balaban J connectivity index is 2.26. The van der Waals surface area contributed by atoms with Gasteiger partial charge in [0.25, 0.3) is 0 Å². The largest absolute Gasteiger partial charge is 0.369 e. The lowest BCUT2D eigenvalue weighted by Gasteiger charge is -2.16. The van der Waals surface area contributed by atoms with Crippen molar-refractivity contribution in [3.63, 3.8) is 0 Å². The van der Waals surface area contributed by atoms with E-state index in [2.05, 4.69) is 49.0 Å². The van der Waals surface area contributed by atoms with Gasteiger partial charge in [-0.3, -0.25) is 0 Å². The van der Waals surface area contributed by atoms with Crippen molar-refractivity contribution >= 4 is 33.3 Å². The second-order valence-corrected chi connectivity index (χ2v) is 6.34. The number of aromatic nitrogens is 2. The Bertz CT molecular complexity index is 547. The molecule has 2 rings (SSSR count). The highest BCUT2D eigenvalue weighted by Gasteiger charge is 2.11. The maximum absolute atomic E-state index is 5.74. The standard InChI is InChI=1S/C13H20N4S/c1-7(2)8(3)6-15-11-10-5-9(4)18-12(10)17-13(14)16-11/h5,7-8H,6H2,1-4H3,(H3,14,15,16,17). The molecule has 0 aliphatic carbocycles. The minimum Gasteiger partial charge on any atom is -0.369 e. The van der Waals surface area contributed by atoms with Crippen molar-refractivity contribution in [2.24, 2.45) is 11.8 Å². The summed E-state index contributed by atoms with van der Waals surface area (Å²) in [5, 5.41) is 4.47. The van der Waals surface area contributed by atoms with E-state index >= 15 is 0 Å². The number of anilines is 2. The van der Waals surface area contributed by atoms with Gasteiger partial charge in [0.05, 0.1) is 5.39 Å². The molecule has 2 aromatic heterocycles. The summed E-state index contributed by atoms with van der Waals surface area (Å²) in [7, 11) is 0. The van der Waals surface area contributed by atoms with Crippen LogP contribution in [0.15, 0.2) is 6.07 Å². The van der Waals surface area contributed by atoms with Crippen LogP contribution in [0.25, 0.3) is 10.2 Å². The molecule has 1 atom stereocenters. The SMILES string of the molecule is Cc1cc2c(NCC(C)C(C)C)nc(N)nc2s1. The highest BCUT2D eigenvalue weighted by atomic mass is 32.1. The van der Waals surface area contributed by atoms with Crippen LogP contribution in [0.1, 0.15) is 25.6 Å². The van der Waals surface area contributed by atoms with E-state index in [4.69, 9.17) is 5.73 Å². The molecule has 0 amide bonds. The molecule has 0 bridgehead atoms. The number of hydrogen-bond donors (Lipinski definition) is 2. The first kappa shape index (κ1) is 13.1. The second-order valence-electron chi connectivity index (χ2n) is 5.11. The van der Waals surface area contributed by atoms with E-state index in [1.807, 2.05) is 0 Å². The highest BCUT2D eigenvalue weighted by Crippen LogP contribution is 2.29. The number of nitrogens with two attached hydrogens (primary N) is 1. The van der Waals surface area contributed by atoms with E-state index in [0.717, 1.165) is 22.6 Å². The average Bonchev–Trinajstić information content (AvgIpc) is 2.65. The fourth-order valence-corrected chi connectivity index (χ4v) is 2.57. The number of nitrogens with zero attached hydrogens (tertiary/aromatic N) is 2. The minimum absolute atomic E-state index is 0.337. The highest BCUT2D eigenvalue weighted by molar-refractivity contribution is 7.18. The molecule has 0 aromatic carbocycles. The van der Waals surface area contributed by atoms with Crippen molar-refractivity contribution in [2.45, 2.75) is 27.7 Å². The molecule has 3 N–H and O–H groups in total. The molecule has 0 fully saturated rings. The number of thiophene rings is 1. The van der Waals surface area contributed by atoms with Gasteiger partial charge in [-0.05, 0) is 24.8 Å². The van der Waals surface area contributed by atoms with Gasteiger partial charge in [-0.25, -0.2) is 4.98 Å². The third-order valence-electron chi connectivity index (χ3n) is 3.26. The lowest BCUT2D eigenvalue weighted by Crippen LogP contribution is -2.17. The number of nitrogen functional groups attached to an aromatic ring is 1. The maximum atomic E-state index is 5.74. The second kappa shape index (κ2) is 5.10. The molecule has 0 saturated carbocycles. The van der Waals surface area contributed by atoms with Gasteiger partial charge in [-0.15, -0.1) is 11.3 Å². The summed E-state index contributed by atoms with van der Waals surface area (Å²) >= 11 is 1.65. The van der Waals surface area contributed by atoms with Crippen LogP contribution in [0, 0.1) is 18.8 Å². The van der Waals surface area contributed by atoms with Crippen LogP contribution in [0.4, 0.5) is 11.8 Å². The lowest BCUT2D eigenvalue weighted by molar-refractivity contribution is 0.439. The van der Waals surface area contributed by atoms with E-state index in [1.165, 1.54) is 4.88 Å². The monoisotopic (exact) mass is 264 g/mol. The first-order valence-electron chi connectivity index (χ1n) is 6.25. The van der Waals surface area contributed by atoms with Gasteiger partial charge in [-0.2, -0.15) is 4.98 Å². The summed E-state index contributed by atoms with van der Waals surface area (Å²) in [6.07, 6.45) is 0. The molecule has 2 heterocycles. The predicted molar refractivity (Wildman–Crippen MR) is 79.1 cm³/mol. The third kappa shape index (κ3) is 2.72. The number of rotatable bonds is 4. The number of hydrogen-bond acceptors (Lipinski definition) is 5. The van der Waals surface area contributed by atoms with Crippen LogP contribution in [0.2, 0.25) is 0 Å². The Hall–Kier alpha value is -1.36. The van der Waals surface area contributed by atoms with Gasteiger partial charge in [-0.1, -0.05) is 20.8 Å². The quantitative estimate of drug-likeness (QED) is 0.889. The molecule has 2 aromatic rings. The van der Waals surface area contributed by atoms with E-state index < -0.39 is 0 Å². The fraction of sp³-hybridized carbons (Fsp3) is 0.538. The third-order valence-corrected chi connectivity index (χ3v) is 4.21. The smallest absolute Gasteiger partial charge is 0.223 e.